The van der Waals surface area contributed by atoms with E-state index in [-0.39, 0.29) is 22.8 Å². The first-order valence-corrected chi connectivity index (χ1v) is 10.5. The monoisotopic (exact) mass is 386 g/mol. The highest BCUT2D eigenvalue weighted by atomic mass is 16.2. The molecule has 1 amide bonds. The van der Waals surface area contributed by atoms with Gasteiger partial charge in [0.2, 0.25) is 0 Å². The van der Waals surface area contributed by atoms with E-state index >= 15 is 0 Å². The number of nitrogens with zero attached hydrogens (tertiary/aromatic N) is 3. The molecule has 2 aromatic rings. The highest BCUT2D eigenvalue weighted by Crippen LogP contribution is 2.55. The standard InChI is InChI=1S/C24H26N4O/c1-23-12-27-14-24(2,15-28(13-23)21(27)16-8-4-3-5-9-16)22(23)26-19-17-10-6-7-11-18(17)25-20(19)29/h3-11,21-22H,12-15H2,1-2H3,(H,25,26,29). The van der Waals surface area contributed by atoms with Crippen molar-refractivity contribution in [2.45, 2.75) is 26.1 Å². The number of benzene rings is 2. The molecule has 0 aliphatic carbocycles. The van der Waals surface area contributed by atoms with Gasteiger partial charge in [-0.3, -0.25) is 19.6 Å². The maximum absolute atomic E-state index is 12.7. The summed E-state index contributed by atoms with van der Waals surface area (Å²) >= 11 is 0. The number of rotatable bonds is 2. The van der Waals surface area contributed by atoms with Crippen LogP contribution in [0.2, 0.25) is 0 Å². The summed E-state index contributed by atoms with van der Waals surface area (Å²) in [6.07, 6.45) is 0.362. The number of amides is 1. The molecule has 4 saturated heterocycles. The van der Waals surface area contributed by atoms with Gasteiger partial charge >= 0.3 is 0 Å². The van der Waals surface area contributed by atoms with E-state index in [0.29, 0.717) is 11.9 Å². The van der Waals surface area contributed by atoms with Gasteiger partial charge in [0, 0.05) is 42.6 Å². The third kappa shape index (κ3) is 2.41. The van der Waals surface area contributed by atoms with Gasteiger partial charge in [-0.2, -0.15) is 0 Å². The summed E-state index contributed by atoms with van der Waals surface area (Å²) in [5, 5.41) is 2.98. The lowest BCUT2D eigenvalue weighted by atomic mass is 9.59. The smallest absolute Gasteiger partial charge is 0.274 e. The second kappa shape index (κ2) is 5.77. The van der Waals surface area contributed by atoms with Gasteiger partial charge in [0.25, 0.3) is 5.91 Å². The summed E-state index contributed by atoms with van der Waals surface area (Å²) in [6.45, 7) is 8.79. The molecule has 2 aromatic carbocycles. The van der Waals surface area contributed by atoms with Crippen LogP contribution in [-0.4, -0.2) is 53.6 Å². The molecule has 5 heterocycles. The Morgan fingerprint density at radius 3 is 2.14 bits per heavy atom. The molecule has 7 rings (SSSR count). The lowest BCUT2D eigenvalue weighted by molar-refractivity contribution is -0.205. The van der Waals surface area contributed by atoms with Crippen LogP contribution in [0.5, 0.6) is 0 Å². The van der Waals surface area contributed by atoms with Gasteiger partial charge < -0.3 is 5.32 Å². The van der Waals surface area contributed by atoms with Crippen LogP contribution >= 0.6 is 0 Å². The highest BCUT2D eigenvalue weighted by Gasteiger charge is 2.62. The molecule has 5 aliphatic heterocycles. The van der Waals surface area contributed by atoms with Crippen LogP contribution in [-0.2, 0) is 4.79 Å². The Morgan fingerprint density at radius 1 is 0.897 bits per heavy atom. The molecule has 1 N–H and O–H groups in total. The van der Waals surface area contributed by atoms with Crippen molar-refractivity contribution in [1.82, 2.24) is 9.80 Å². The normalized spacial score (nSPS) is 40.9. The summed E-state index contributed by atoms with van der Waals surface area (Å²) in [6, 6.07) is 18.9. The molecular weight excluding hydrogens is 360 g/mol. The number of anilines is 1. The molecule has 4 bridgehead atoms. The fourth-order valence-corrected chi connectivity index (χ4v) is 6.55. The number of carbonyl (C=O) groups is 1. The van der Waals surface area contributed by atoms with Gasteiger partial charge in [-0.25, -0.2) is 0 Å². The Kier molecular flexibility index (Phi) is 3.46. The Balaban J connectivity index is 1.39. The summed E-state index contributed by atoms with van der Waals surface area (Å²) < 4.78 is 0. The van der Waals surface area contributed by atoms with Gasteiger partial charge in [-0.05, 0) is 11.6 Å². The SMILES string of the molecule is CC12CN3CC(C)(CN(C1)C3c1ccccc1)C2N=C1C(=O)Nc2ccccc21. The quantitative estimate of drug-likeness (QED) is 0.863. The Hall–Kier alpha value is -2.50. The number of hydrogen-bond donors (Lipinski definition) is 1. The second-order valence-corrected chi connectivity index (χ2v) is 9.78. The summed E-state index contributed by atoms with van der Waals surface area (Å²) in [5.41, 5.74) is 3.91. The Labute approximate surface area is 171 Å². The van der Waals surface area contributed by atoms with E-state index in [2.05, 4.69) is 59.3 Å². The minimum Gasteiger partial charge on any atom is -0.320 e. The number of para-hydroxylation sites is 1. The minimum absolute atomic E-state index is 0.0430. The summed E-state index contributed by atoms with van der Waals surface area (Å²) in [4.78, 5) is 23.1. The van der Waals surface area contributed by atoms with E-state index < -0.39 is 0 Å². The van der Waals surface area contributed by atoms with Crippen molar-refractivity contribution in [3.05, 3.63) is 65.7 Å². The van der Waals surface area contributed by atoms with Crippen molar-refractivity contribution in [3.63, 3.8) is 0 Å². The predicted octanol–water partition coefficient (Wildman–Crippen LogP) is 3.15. The zero-order chi connectivity index (χ0) is 19.8. The third-order valence-corrected chi connectivity index (χ3v) is 7.27. The number of nitrogens with one attached hydrogen (secondary N) is 1. The predicted molar refractivity (Wildman–Crippen MR) is 114 cm³/mol. The summed E-state index contributed by atoms with van der Waals surface area (Å²) in [7, 11) is 0. The van der Waals surface area contributed by atoms with Crippen molar-refractivity contribution >= 4 is 17.3 Å². The topological polar surface area (TPSA) is 47.9 Å². The largest absolute Gasteiger partial charge is 0.320 e. The van der Waals surface area contributed by atoms with Gasteiger partial charge in [0.1, 0.15) is 5.71 Å². The average Bonchev–Trinajstić information content (AvgIpc) is 2.99. The molecule has 0 spiro atoms. The lowest BCUT2D eigenvalue weighted by Gasteiger charge is -2.68. The van der Waals surface area contributed by atoms with Crippen LogP contribution in [0.4, 0.5) is 5.69 Å². The van der Waals surface area contributed by atoms with Crippen LogP contribution in [0, 0.1) is 10.8 Å². The summed E-state index contributed by atoms with van der Waals surface area (Å²) in [5.74, 6) is -0.0602. The number of hydrogen-bond acceptors (Lipinski definition) is 4. The van der Waals surface area contributed by atoms with Crippen molar-refractivity contribution in [2.75, 3.05) is 31.5 Å². The van der Waals surface area contributed by atoms with Crippen molar-refractivity contribution in [3.8, 4) is 0 Å². The first-order chi connectivity index (χ1) is 14.0. The van der Waals surface area contributed by atoms with Crippen molar-refractivity contribution in [1.29, 1.82) is 0 Å². The molecule has 0 radical (unpaired) electrons. The van der Waals surface area contributed by atoms with E-state index in [4.69, 9.17) is 4.99 Å². The molecule has 5 nitrogen and oxygen atoms in total. The number of aliphatic imine (C=N–C) groups is 1. The molecule has 148 valence electrons. The van der Waals surface area contributed by atoms with E-state index in [1.807, 2.05) is 24.3 Å². The number of carbonyl (C=O) groups excluding carboxylic acids is 1. The molecule has 0 atom stereocenters. The van der Waals surface area contributed by atoms with Crippen LogP contribution in [0.3, 0.4) is 0 Å². The zero-order valence-corrected chi connectivity index (χ0v) is 16.9. The van der Waals surface area contributed by atoms with Gasteiger partial charge in [0.05, 0.1) is 17.9 Å². The molecule has 0 saturated carbocycles. The molecule has 5 heteroatoms. The van der Waals surface area contributed by atoms with Crippen LogP contribution in [0.25, 0.3) is 0 Å². The van der Waals surface area contributed by atoms with Crippen LogP contribution in [0.1, 0.15) is 31.1 Å². The van der Waals surface area contributed by atoms with Gasteiger partial charge in [-0.15, -0.1) is 0 Å². The highest BCUT2D eigenvalue weighted by molar-refractivity contribution is 6.53. The number of fused-ring (bicyclic) bond motifs is 1. The van der Waals surface area contributed by atoms with E-state index in [1.54, 1.807) is 0 Å². The minimum atomic E-state index is -0.0602. The molecule has 0 unspecified atom stereocenters. The van der Waals surface area contributed by atoms with Gasteiger partial charge in [0.15, 0.2) is 0 Å². The van der Waals surface area contributed by atoms with Crippen LogP contribution in [0.15, 0.2) is 59.6 Å². The lowest BCUT2D eigenvalue weighted by Crippen LogP contribution is -2.76. The van der Waals surface area contributed by atoms with E-state index in [1.165, 1.54) is 5.56 Å². The van der Waals surface area contributed by atoms with Gasteiger partial charge in [-0.1, -0.05) is 62.4 Å². The molecule has 5 aliphatic rings. The molecular formula is C24H26N4O. The number of piperidine rings is 2. The maximum atomic E-state index is 12.7. The Bertz CT molecular complexity index is 992. The van der Waals surface area contributed by atoms with E-state index in [0.717, 1.165) is 37.4 Å². The first-order valence-electron chi connectivity index (χ1n) is 10.5. The molecule has 0 aromatic heterocycles. The van der Waals surface area contributed by atoms with Crippen LogP contribution < -0.4 is 5.32 Å². The first kappa shape index (κ1) is 17.4. The molecule has 29 heavy (non-hydrogen) atoms. The fourth-order valence-electron chi connectivity index (χ4n) is 6.55. The second-order valence-electron chi connectivity index (χ2n) is 9.78. The third-order valence-electron chi connectivity index (χ3n) is 7.27. The zero-order valence-electron chi connectivity index (χ0n) is 16.9. The molecule has 4 fully saturated rings. The van der Waals surface area contributed by atoms with Crippen molar-refractivity contribution < 1.29 is 4.79 Å². The van der Waals surface area contributed by atoms with E-state index in [9.17, 15) is 4.79 Å². The Morgan fingerprint density at radius 2 is 1.48 bits per heavy atom. The van der Waals surface area contributed by atoms with Crippen molar-refractivity contribution in [2.24, 2.45) is 15.8 Å². The maximum Gasteiger partial charge on any atom is 0.274 e. The fraction of sp³-hybridized carbons (Fsp3) is 0.417. The average molecular weight is 386 g/mol.